The van der Waals surface area contributed by atoms with Crippen LogP contribution in [0.2, 0.25) is 0 Å². The molecule has 3 heterocycles. The lowest BCUT2D eigenvalue weighted by molar-refractivity contribution is 0.0299. The first kappa shape index (κ1) is 12.9. The third-order valence-corrected chi connectivity index (χ3v) is 3.56. The van der Waals surface area contributed by atoms with Crippen LogP contribution in [0, 0.1) is 0 Å². The van der Waals surface area contributed by atoms with Gasteiger partial charge in [-0.1, -0.05) is 0 Å². The number of rotatable bonds is 3. The number of carbonyl (C=O) groups is 1. The van der Waals surface area contributed by atoms with E-state index in [0.29, 0.717) is 43.1 Å². The summed E-state index contributed by atoms with van der Waals surface area (Å²) in [5.74, 6) is 0.402. The van der Waals surface area contributed by atoms with E-state index >= 15 is 0 Å². The Labute approximate surface area is 119 Å². The van der Waals surface area contributed by atoms with Gasteiger partial charge < -0.3 is 15.0 Å². The van der Waals surface area contributed by atoms with Crippen molar-refractivity contribution >= 4 is 28.3 Å². The normalized spacial score (nSPS) is 15.1. The zero-order chi connectivity index (χ0) is 13.8. The van der Waals surface area contributed by atoms with Crippen LogP contribution < -0.4 is 5.32 Å². The van der Waals surface area contributed by atoms with Crippen LogP contribution in [-0.4, -0.2) is 52.1 Å². The van der Waals surface area contributed by atoms with Crippen LogP contribution in [0.25, 0.3) is 0 Å². The molecule has 3 rings (SSSR count). The van der Waals surface area contributed by atoms with E-state index in [1.54, 1.807) is 28.7 Å². The molecule has 0 bridgehead atoms. The zero-order valence-electron chi connectivity index (χ0n) is 10.7. The first-order valence-corrected chi connectivity index (χ1v) is 7.07. The molecule has 1 aliphatic heterocycles. The van der Waals surface area contributed by atoms with Gasteiger partial charge >= 0.3 is 0 Å². The largest absolute Gasteiger partial charge is 0.378 e. The number of nitrogens with zero attached hydrogens (tertiary/aromatic N) is 4. The summed E-state index contributed by atoms with van der Waals surface area (Å²) in [4.78, 5) is 26.3. The Hall–Kier alpha value is -2.06. The molecule has 1 aliphatic rings. The van der Waals surface area contributed by atoms with Crippen LogP contribution in [0.15, 0.2) is 23.8 Å². The molecule has 1 fully saturated rings. The minimum Gasteiger partial charge on any atom is -0.378 e. The molecular weight excluding hydrogens is 278 g/mol. The van der Waals surface area contributed by atoms with Gasteiger partial charge in [0.2, 0.25) is 5.95 Å². The Balaban J connectivity index is 1.68. The summed E-state index contributed by atoms with van der Waals surface area (Å²) < 4.78 is 5.23. The Morgan fingerprint density at radius 2 is 2.05 bits per heavy atom. The summed E-state index contributed by atoms with van der Waals surface area (Å²) in [6.07, 6.45) is 3.28. The Kier molecular flexibility index (Phi) is 3.84. The molecule has 0 aliphatic carbocycles. The van der Waals surface area contributed by atoms with Crippen molar-refractivity contribution in [2.24, 2.45) is 0 Å². The minimum absolute atomic E-state index is 0.0634. The highest BCUT2D eigenvalue weighted by Gasteiger charge is 2.20. The molecule has 2 aromatic heterocycles. The molecular formula is C12H13N5O2S. The van der Waals surface area contributed by atoms with Crippen molar-refractivity contribution in [3.63, 3.8) is 0 Å². The lowest BCUT2D eigenvalue weighted by Gasteiger charge is -2.25. The highest BCUT2D eigenvalue weighted by molar-refractivity contribution is 7.14. The minimum atomic E-state index is -0.0634. The first-order chi connectivity index (χ1) is 9.83. The van der Waals surface area contributed by atoms with Gasteiger partial charge in [-0.05, 0) is 6.07 Å². The molecule has 0 radical (unpaired) electrons. The van der Waals surface area contributed by atoms with E-state index in [4.69, 9.17) is 4.74 Å². The van der Waals surface area contributed by atoms with E-state index in [1.807, 2.05) is 0 Å². The van der Waals surface area contributed by atoms with Crippen LogP contribution in [0.5, 0.6) is 0 Å². The molecule has 2 aromatic rings. The smallest absolute Gasteiger partial charge is 0.273 e. The molecule has 0 atom stereocenters. The van der Waals surface area contributed by atoms with Gasteiger partial charge in [-0.15, -0.1) is 11.3 Å². The highest BCUT2D eigenvalue weighted by Crippen LogP contribution is 2.19. The van der Waals surface area contributed by atoms with Gasteiger partial charge in [0.25, 0.3) is 5.91 Å². The molecule has 104 valence electrons. The van der Waals surface area contributed by atoms with Crippen molar-refractivity contribution < 1.29 is 9.53 Å². The maximum atomic E-state index is 12.2. The molecule has 1 N–H and O–H groups in total. The fraction of sp³-hybridized carbons (Fsp3) is 0.333. The molecule has 1 saturated heterocycles. The van der Waals surface area contributed by atoms with Crippen LogP contribution in [0.1, 0.15) is 10.5 Å². The summed E-state index contributed by atoms with van der Waals surface area (Å²) in [6.45, 7) is 2.39. The van der Waals surface area contributed by atoms with Crippen LogP contribution >= 0.6 is 11.3 Å². The standard InChI is InChI=1S/C12H13N5O2S/c18-10(17-4-6-19-7-5-17)9-8-20-12(15-9)16-11-13-2-1-3-14-11/h1-3,8H,4-7H2,(H,13,14,15,16). The number of amides is 1. The monoisotopic (exact) mass is 291 g/mol. The molecule has 7 nitrogen and oxygen atoms in total. The summed E-state index contributed by atoms with van der Waals surface area (Å²) in [6, 6.07) is 1.74. The Bertz CT molecular complexity index is 583. The number of aromatic nitrogens is 3. The van der Waals surface area contributed by atoms with Crippen molar-refractivity contribution in [1.82, 2.24) is 19.9 Å². The number of nitrogens with one attached hydrogen (secondary N) is 1. The van der Waals surface area contributed by atoms with Crippen LogP contribution in [0.4, 0.5) is 11.1 Å². The van der Waals surface area contributed by atoms with E-state index in [0.717, 1.165) is 0 Å². The number of thiazole rings is 1. The number of anilines is 2. The molecule has 0 saturated carbocycles. The summed E-state index contributed by atoms with van der Waals surface area (Å²) in [7, 11) is 0. The van der Waals surface area contributed by atoms with E-state index in [1.165, 1.54) is 11.3 Å². The van der Waals surface area contributed by atoms with Crippen molar-refractivity contribution in [2.75, 3.05) is 31.6 Å². The second-order valence-corrected chi connectivity index (χ2v) is 5.00. The number of carbonyl (C=O) groups excluding carboxylic acids is 1. The topological polar surface area (TPSA) is 80.2 Å². The summed E-state index contributed by atoms with van der Waals surface area (Å²) in [5.41, 5.74) is 0.440. The van der Waals surface area contributed by atoms with E-state index in [9.17, 15) is 4.79 Å². The lowest BCUT2D eigenvalue weighted by atomic mass is 10.3. The Morgan fingerprint density at radius 1 is 1.30 bits per heavy atom. The average Bonchev–Trinajstić information content (AvgIpc) is 2.97. The number of hydrogen-bond acceptors (Lipinski definition) is 7. The highest BCUT2D eigenvalue weighted by atomic mass is 32.1. The predicted molar refractivity (Wildman–Crippen MR) is 74.2 cm³/mol. The second kappa shape index (κ2) is 5.93. The third kappa shape index (κ3) is 2.91. The fourth-order valence-corrected chi connectivity index (χ4v) is 2.50. The van der Waals surface area contributed by atoms with Gasteiger partial charge in [-0.2, -0.15) is 0 Å². The SMILES string of the molecule is O=C(c1csc(Nc2ncccn2)n1)N1CCOCC1. The van der Waals surface area contributed by atoms with Gasteiger partial charge in [-0.25, -0.2) is 15.0 Å². The number of ether oxygens (including phenoxy) is 1. The van der Waals surface area contributed by atoms with Gasteiger partial charge in [0.1, 0.15) is 5.69 Å². The van der Waals surface area contributed by atoms with E-state index < -0.39 is 0 Å². The molecule has 0 aromatic carbocycles. The Morgan fingerprint density at radius 3 is 2.80 bits per heavy atom. The van der Waals surface area contributed by atoms with Crippen molar-refractivity contribution in [3.05, 3.63) is 29.5 Å². The van der Waals surface area contributed by atoms with Crippen LogP contribution in [0.3, 0.4) is 0 Å². The van der Waals surface area contributed by atoms with E-state index in [-0.39, 0.29) is 5.91 Å². The predicted octanol–water partition coefficient (Wildman–Crippen LogP) is 1.15. The summed E-state index contributed by atoms with van der Waals surface area (Å²) in [5, 5.41) is 5.32. The van der Waals surface area contributed by atoms with Gasteiger partial charge in [0.15, 0.2) is 5.13 Å². The third-order valence-electron chi connectivity index (χ3n) is 2.81. The quantitative estimate of drug-likeness (QED) is 0.913. The van der Waals surface area contributed by atoms with Gasteiger partial charge in [0.05, 0.1) is 13.2 Å². The summed E-state index contributed by atoms with van der Waals surface area (Å²) >= 11 is 1.36. The molecule has 1 amide bonds. The van der Waals surface area contributed by atoms with Crippen molar-refractivity contribution in [1.29, 1.82) is 0 Å². The van der Waals surface area contributed by atoms with Gasteiger partial charge in [-0.3, -0.25) is 4.79 Å². The maximum absolute atomic E-state index is 12.2. The lowest BCUT2D eigenvalue weighted by Crippen LogP contribution is -2.40. The number of morpholine rings is 1. The van der Waals surface area contributed by atoms with Crippen LogP contribution in [-0.2, 0) is 4.74 Å². The molecule has 20 heavy (non-hydrogen) atoms. The van der Waals surface area contributed by atoms with Gasteiger partial charge in [0, 0.05) is 30.9 Å². The first-order valence-electron chi connectivity index (χ1n) is 6.19. The fourth-order valence-electron chi connectivity index (χ4n) is 1.82. The molecule has 0 spiro atoms. The van der Waals surface area contributed by atoms with E-state index in [2.05, 4.69) is 20.3 Å². The number of hydrogen-bond donors (Lipinski definition) is 1. The average molecular weight is 291 g/mol. The molecule has 0 unspecified atom stereocenters. The van der Waals surface area contributed by atoms with Crippen molar-refractivity contribution in [3.8, 4) is 0 Å². The maximum Gasteiger partial charge on any atom is 0.273 e. The zero-order valence-corrected chi connectivity index (χ0v) is 11.5. The van der Waals surface area contributed by atoms with Crippen molar-refractivity contribution in [2.45, 2.75) is 0 Å². The molecule has 8 heteroatoms. The second-order valence-electron chi connectivity index (χ2n) is 4.14.